The number of nitrogens with one attached hydrogen (secondary N) is 1. The molecule has 126 valence electrons. The van der Waals surface area contributed by atoms with Gasteiger partial charge in [-0.15, -0.1) is 0 Å². The summed E-state index contributed by atoms with van der Waals surface area (Å²) in [6.45, 7) is 16.4. The van der Waals surface area contributed by atoms with Crippen molar-refractivity contribution in [3.05, 3.63) is 0 Å². The van der Waals surface area contributed by atoms with Crippen molar-refractivity contribution in [2.24, 2.45) is 11.8 Å². The van der Waals surface area contributed by atoms with E-state index in [0.29, 0.717) is 18.4 Å². The molecule has 0 radical (unpaired) electrons. The van der Waals surface area contributed by atoms with Gasteiger partial charge in [0.25, 0.3) is 0 Å². The third kappa shape index (κ3) is 8.42. The number of carbonyl (C=O) groups is 1. The predicted octanol–water partition coefficient (Wildman–Crippen LogP) is 2.92. The zero-order chi connectivity index (χ0) is 16.5. The van der Waals surface area contributed by atoms with Crippen LogP contribution in [0.25, 0.3) is 0 Å². The number of esters is 1. The normalized spacial score (nSPS) is 14.8. The van der Waals surface area contributed by atoms with Gasteiger partial charge in [0.15, 0.2) is 0 Å². The Morgan fingerprint density at radius 3 is 1.95 bits per heavy atom. The quantitative estimate of drug-likeness (QED) is 0.596. The first kappa shape index (κ1) is 20.4. The van der Waals surface area contributed by atoms with Gasteiger partial charge in [0.2, 0.25) is 0 Å². The van der Waals surface area contributed by atoms with Crippen molar-refractivity contribution in [1.29, 1.82) is 0 Å². The van der Waals surface area contributed by atoms with E-state index in [1.807, 2.05) is 13.8 Å². The van der Waals surface area contributed by atoms with E-state index < -0.39 is 5.54 Å². The lowest BCUT2D eigenvalue weighted by Gasteiger charge is -2.34. The standard InChI is InChI=1S/C17H36N2O2/c1-8-18-17(6,16(20)21-7)13-19(11-9-14(2)3)12-10-15(4)5/h14-15,18H,8-13H2,1-7H3. The maximum absolute atomic E-state index is 12.1. The Morgan fingerprint density at radius 2 is 1.62 bits per heavy atom. The molecule has 21 heavy (non-hydrogen) atoms. The second-order valence-corrected chi connectivity index (χ2v) is 7.00. The third-order valence-corrected chi connectivity index (χ3v) is 3.79. The Bertz CT molecular complexity index is 281. The SMILES string of the molecule is CCNC(C)(CN(CCC(C)C)CCC(C)C)C(=O)OC. The first-order valence-electron chi connectivity index (χ1n) is 8.31. The van der Waals surface area contributed by atoms with Crippen LogP contribution in [0, 0.1) is 11.8 Å². The smallest absolute Gasteiger partial charge is 0.327 e. The van der Waals surface area contributed by atoms with Crippen molar-refractivity contribution in [1.82, 2.24) is 10.2 Å². The van der Waals surface area contributed by atoms with Gasteiger partial charge in [-0.2, -0.15) is 0 Å². The maximum atomic E-state index is 12.1. The molecule has 0 spiro atoms. The summed E-state index contributed by atoms with van der Waals surface area (Å²) in [6, 6.07) is 0. The van der Waals surface area contributed by atoms with Gasteiger partial charge < -0.3 is 15.0 Å². The molecule has 0 saturated heterocycles. The maximum Gasteiger partial charge on any atom is 0.327 e. The summed E-state index contributed by atoms with van der Waals surface area (Å²) < 4.78 is 4.99. The molecular formula is C17H36N2O2. The lowest BCUT2D eigenvalue weighted by atomic mass is 10.00. The number of hydrogen-bond donors (Lipinski definition) is 1. The highest BCUT2D eigenvalue weighted by Crippen LogP contribution is 2.13. The van der Waals surface area contributed by atoms with Crippen molar-refractivity contribution in [3.63, 3.8) is 0 Å². The van der Waals surface area contributed by atoms with Crippen molar-refractivity contribution >= 4 is 5.97 Å². The van der Waals surface area contributed by atoms with Gasteiger partial charge in [0.05, 0.1) is 7.11 Å². The van der Waals surface area contributed by atoms with Gasteiger partial charge in [0.1, 0.15) is 5.54 Å². The Labute approximate surface area is 131 Å². The Kier molecular flexibility index (Phi) is 9.88. The molecule has 0 rings (SSSR count). The van der Waals surface area contributed by atoms with E-state index in [0.717, 1.165) is 32.5 Å². The summed E-state index contributed by atoms with van der Waals surface area (Å²) in [5.74, 6) is 1.17. The molecule has 0 aliphatic heterocycles. The highest BCUT2D eigenvalue weighted by atomic mass is 16.5. The zero-order valence-corrected chi connectivity index (χ0v) is 15.2. The number of carbonyl (C=O) groups excluding carboxylic acids is 1. The van der Waals surface area contributed by atoms with E-state index in [1.165, 1.54) is 7.11 Å². The summed E-state index contributed by atoms with van der Waals surface area (Å²) in [6.07, 6.45) is 2.31. The first-order chi connectivity index (χ1) is 9.75. The van der Waals surface area contributed by atoms with Crippen molar-refractivity contribution < 1.29 is 9.53 Å². The molecule has 1 N–H and O–H groups in total. The minimum Gasteiger partial charge on any atom is -0.468 e. The predicted molar refractivity (Wildman–Crippen MR) is 89.4 cm³/mol. The molecule has 0 aromatic heterocycles. The lowest BCUT2D eigenvalue weighted by molar-refractivity contribution is -0.148. The fraction of sp³-hybridized carbons (Fsp3) is 0.941. The van der Waals surface area contributed by atoms with Crippen LogP contribution >= 0.6 is 0 Å². The summed E-state index contributed by atoms with van der Waals surface area (Å²) in [4.78, 5) is 14.5. The van der Waals surface area contributed by atoms with Crippen LogP contribution in [-0.4, -0.2) is 49.7 Å². The molecule has 0 aliphatic rings. The Balaban J connectivity index is 4.80. The number of ether oxygens (including phenoxy) is 1. The van der Waals surface area contributed by atoms with Crippen LogP contribution in [0.3, 0.4) is 0 Å². The number of nitrogens with zero attached hydrogens (tertiary/aromatic N) is 1. The molecule has 1 atom stereocenters. The van der Waals surface area contributed by atoms with E-state index in [2.05, 4.69) is 37.9 Å². The largest absolute Gasteiger partial charge is 0.468 e. The van der Waals surface area contributed by atoms with Crippen LogP contribution in [0.4, 0.5) is 0 Å². The van der Waals surface area contributed by atoms with Crippen LogP contribution in [0.1, 0.15) is 54.4 Å². The highest BCUT2D eigenvalue weighted by molar-refractivity contribution is 5.80. The molecule has 0 amide bonds. The second-order valence-electron chi connectivity index (χ2n) is 7.00. The van der Waals surface area contributed by atoms with E-state index in [1.54, 1.807) is 0 Å². The van der Waals surface area contributed by atoms with Crippen LogP contribution in [-0.2, 0) is 9.53 Å². The monoisotopic (exact) mass is 300 g/mol. The second kappa shape index (κ2) is 10.2. The summed E-state index contributed by atoms with van der Waals surface area (Å²) in [5.41, 5.74) is -0.628. The van der Waals surface area contributed by atoms with Crippen LogP contribution in [0.15, 0.2) is 0 Å². The Morgan fingerprint density at radius 1 is 1.14 bits per heavy atom. The lowest BCUT2D eigenvalue weighted by Crippen LogP contribution is -2.57. The van der Waals surface area contributed by atoms with E-state index in [-0.39, 0.29) is 5.97 Å². The minimum atomic E-state index is -0.628. The first-order valence-corrected chi connectivity index (χ1v) is 8.31. The number of hydrogen-bond acceptors (Lipinski definition) is 4. The summed E-state index contributed by atoms with van der Waals surface area (Å²) in [7, 11) is 1.46. The molecule has 0 aromatic carbocycles. The topological polar surface area (TPSA) is 41.6 Å². The molecule has 4 heteroatoms. The van der Waals surface area contributed by atoms with Gasteiger partial charge >= 0.3 is 5.97 Å². The van der Waals surface area contributed by atoms with E-state index in [4.69, 9.17) is 4.74 Å². The molecule has 0 aliphatic carbocycles. The van der Waals surface area contributed by atoms with E-state index >= 15 is 0 Å². The summed E-state index contributed by atoms with van der Waals surface area (Å²) in [5, 5.41) is 3.30. The number of rotatable bonds is 11. The zero-order valence-electron chi connectivity index (χ0n) is 15.2. The van der Waals surface area contributed by atoms with Gasteiger partial charge in [-0.3, -0.25) is 4.79 Å². The van der Waals surface area contributed by atoms with Gasteiger partial charge in [-0.05, 0) is 51.2 Å². The fourth-order valence-electron chi connectivity index (χ4n) is 2.41. The summed E-state index contributed by atoms with van der Waals surface area (Å²) >= 11 is 0. The molecule has 0 aromatic rings. The number of likely N-dealkylation sites (N-methyl/N-ethyl adjacent to an activating group) is 1. The van der Waals surface area contributed by atoms with Gasteiger partial charge in [-0.1, -0.05) is 34.6 Å². The fourth-order valence-corrected chi connectivity index (χ4v) is 2.41. The average Bonchev–Trinajstić information content (AvgIpc) is 2.40. The molecule has 0 saturated carbocycles. The molecule has 0 heterocycles. The Hall–Kier alpha value is -0.610. The van der Waals surface area contributed by atoms with Crippen molar-refractivity contribution in [3.8, 4) is 0 Å². The van der Waals surface area contributed by atoms with Crippen LogP contribution < -0.4 is 5.32 Å². The van der Waals surface area contributed by atoms with Crippen LogP contribution in [0.5, 0.6) is 0 Å². The van der Waals surface area contributed by atoms with E-state index in [9.17, 15) is 4.79 Å². The van der Waals surface area contributed by atoms with Crippen molar-refractivity contribution in [2.45, 2.75) is 59.9 Å². The van der Waals surface area contributed by atoms with Crippen molar-refractivity contribution in [2.75, 3.05) is 33.3 Å². The minimum absolute atomic E-state index is 0.177. The van der Waals surface area contributed by atoms with Gasteiger partial charge in [-0.25, -0.2) is 0 Å². The third-order valence-electron chi connectivity index (χ3n) is 3.79. The van der Waals surface area contributed by atoms with Crippen LogP contribution in [0.2, 0.25) is 0 Å². The average molecular weight is 300 g/mol. The molecule has 1 unspecified atom stereocenters. The molecule has 4 nitrogen and oxygen atoms in total. The highest BCUT2D eigenvalue weighted by Gasteiger charge is 2.35. The number of methoxy groups -OCH3 is 1. The molecule has 0 fully saturated rings. The molecular weight excluding hydrogens is 264 g/mol. The van der Waals surface area contributed by atoms with Gasteiger partial charge in [0, 0.05) is 6.54 Å². The molecule has 0 bridgehead atoms.